The number of hydrogen-bond donors (Lipinski definition) is 0. The molecule has 0 N–H and O–H groups in total. The van der Waals surface area contributed by atoms with Crippen LogP contribution in [-0.2, 0) is 0 Å². The van der Waals surface area contributed by atoms with Crippen LogP contribution in [-0.4, -0.2) is 51.4 Å². The van der Waals surface area contributed by atoms with E-state index >= 15 is 0 Å². The Hall–Kier alpha value is -0.683. The Kier molecular flexibility index (Phi) is 7.60. The fourth-order valence-corrected chi connectivity index (χ4v) is 4.07. The average Bonchev–Trinajstić information content (AvgIpc) is 2.98. The van der Waals surface area contributed by atoms with Crippen molar-refractivity contribution in [1.82, 2.24) is 0 Å². The number of hydrogen-bond acceptors (Lipinski definition) is 4. The van der Waals surface area contributed by atoms with E-state index in [1.54, 1.807) is 33.5 Å². The molecule has 1 fully saturated rings. The molecular weight excluding hydrogens is 282 g/mol. The third-order valence-electron chi connectivity index (χ3n) is 3.64. The molecule has 1 aromatic rings. The summed E-state index contributed by atoms with van der Waals surface area (Å²) < 4.78 is 16.0. The average molecular weight is 304 g/mol. The van der Waals surface area contributed by atoms with Crippen molar-refractivity contribution >= 4 is 33.0 Å². The molecule has 0 amide bonds. The summed E-state index contributed by atoms with van der Waals surface area (Å²) in [6.45, 7) is 0. The zero-order valence-electron chi connectivity index (χ0n) is 12.2. The van der Waals surface area contributed by atoms with Crippen LogP contribution in [0.1, 0.15) is 36.0 Å². The molecule has 1 saturated carbocycles. The molecule has 112 valence electrons. The molecule has 4 nitrogen and oxygen atoms in total. The van der Waals surface area contributed by atoms with Crippen molar-refractivity contribution in [2.45, 2.75) is 31.3 Å². The zero-order chi connectivity index (χ0) is 14.5. The second kappa shape index (κ2) is 8.69. The van der Waals surface area contributed by atoms with Crippen molar-refractivity contribution in [2.75, 3.05) is 21.3 Å². The minimum atomic E-state index is 0. The Bertz CT molecular complexity index is 487. The first-order valence-corrected chi connectivity index (χ1v) is 7.88. The van der Waals surface area contributed by atoms with Crippen molar-refractivity contribution < 1.29 is 19.0 Å². The number of methoxy groups -OCH3 is 3. The predicted octanol–water partition coefficient (Wildman–Crippen LogP) is 2.83. The van der Waals surface area contributed by atoms with Gasteiger partial charge in [-0.1, -0.05) is 12.8 Å². The van der Waals surface area contributed by atoms with Crippen LogP contribution < -0.4 is 14.2 Å². The molecular formula is C15H22LiO4P. The van der Waals surface area contributed by atoms with Crippen LogP contribution in [0, 0.1) is 0 Å². The maximum absolute atomic E-state index is 12.6. The molecule has 0 bridgehead atoms. The second-order valence-corrected chi connectivity index (χ2v) is 6.39. The molecule has 1 unspecified atom stereocenters. The summed E-state index contributed by atoms with van der Waals surface area (Å²) in [7, 11) is 4.96. The molecule has 0 heterocycles. The van der Waals surface area contributed by atoms with E-state index in [2.05, 4.69) is 0 Å². The van der Waals surface area contributed by atoms with Gasteiger partial charge in [-0.3, -0.25) is 4.79 Å². The molecule has 1 atom stereocenters. The van der Waals surface area contributed by atoms with E-state index in [1.807, 2.05) is 0 Å². The molecule has 1 aliphatic carbocycles. The standard InChI is InChI=1S/C15H21O4P.Li.H/c1-17-11-8-9-12(18-2)14(19-3)13(11)15(16)20-10-6-4-5-7-10;;/h8-10,20H,4-7H2,1-3H3;;. The molecule has 0 aliphatic heterocycles. The van der Waals surface area contributed by atoms with E-state index in [-0.39, 0.29) is 33.0 Å². The monoisotopic (exact) mass is 304 g/mol. The van der Waals surface area contributed by atoms with Crippen molar-refractivity contribution in [3.05, 3.63) is 17.7 Å². The Labute approximate surface area is 139 Å². The molecule has 1 aliphatic rings. The first-order chi connectivity index (χ1) is 9.71. The van der Waals surface area contributed by atoms with Gasteiger partial charge in [0.25, 0.3) is 0 Å². The van der Waals surface area contributed by atoms with Crippen molar-refractivity contribution in [3.63, 3.8) is 0 Å². The summed E-state index contributed by atoms with van der Waals surface area (Å²) in [4.78, 5) is 12.6. The summed E-state index contributed by atoms with van der Waals surface area (Å²) in [5.74, 6) is 1.59. The Morgan fingerprint density at radius 2 is 1.62 bits per heavy atom. The van der Waals surface area contributed by atoms with Gasteiger partial charge in [-0.2, -0.15) is 0 Å². The van der Waals surface area contributed by atoms with Crippen LogP contribution >= 0.6 is 8.58 Å². The van der Waals surface area contributed by atoms with Gasteiger partial charge in [0.15, 0.2) is 17.0 Å². The third-order valence-corrected chi connectivity index (χ3v) is 5.14. The molecule has 0 saturated heterocycles. The molecule has 2 rings (SSSR count). The third kappa shape index (κ3) is 4.16. The fourth-order valence-electron chi connectivity index (χ4n) is 2.62. The van der Waals surface area contributed by atoms with Gasteiger partial charge in [0.05, 0.1) is 21.3 Å². The summed E-state index contributed by atoms with van der Waals surface area (Å²) in [5.41, 5.74) is 1.13. The molecule has 6 heteroatoms. The quantitative estimate of drug-likeness (QED) is 0.599. The first kappa shape index (κ1) is 18.4. The molecule has 0 spiro atoms. The zero-order valence-corrected chi connectivity index (χ0v) is 13.2. The Balaban J connectivity index is 0.00000220. The SMILES string of the molecule is COc1ccc(OC)c(C(=O)PC2CCCC2)c1OC.[LiH]. The van der Waals surface area contributed by atoms with Gasteiger partial charge in [-0.05, 0) is 39.2 Å². The van der Waals surface area contributed by atoms with Crippen LogP contribution in [0.15, 0.2) is 12.1 Å². The predicted molar refractivity (Wildman–Crippen MR) is 88.1 cm³/mol. The summed E-state index contributed by atoms with van der Waals surface area (Å²) >= 11 is 0. The molecule has 0 aromatic heterocycles. The summed E-state index contributed by atoms with van der Waals surface area (Å²) in [5, 5.41) is 0. The Morgan fingerprint density at radius 1 is 1.05 bits per heavy atom. The van der Waals surface area contributed by atoms with Crippen LogP contribution in [0.25, 0.3) is 0 Å². The van der Waals surface area contributed by atoms with E-state index < -0.39 is 0 Å². The van der Waals surface area contributed by atoms with Gasteiger partial charge in [-0.25, -0.2) is 0 Å². The van der Waals surface area contributed by atoms with Crippen LogP contribution in [0.2, 0.25) is 0 Å². The maximum atomic E-state index is 12.6. The normalized spacial score (nSPS) is 15.0. The van der Waals surface area contributed by atoms with Gasteiger partial charge in [-0.15, -0.1) is 0 Å². The fraction of sp³-hybridized carbons (Fsp3) is 0.533. The van der Waals surface area contributed by atoms with Crippen LogP contribution in [0.3, 0.4) is 0 Å². The molecule has 21 heavy (non-hydrogen) atoms. The second-order valence-electron chi connectivity index (χ2n) is 4.83. The van der Waals surface area contributed by atoms with Gasteiger partial charge in [0.2, 0.25) is 0 Å². The summed E-state index contributed by atoms with van der Waals surface area (Å²) in [6, 6.07) is 3.51. The number of benzene rings is 1. The van der Waals surface area contributed by atoms with Crippen LogP contribution in [0.4, 0.5) is 0 Å². The van der Waals surface area contributed by atoms with Gasteiger partial charge in [0, 0.05) is 0 Å². The topological polar surface area (TPSA) is 44.8 Å². The van der Waals surface area contributed by atoms with E-state index in [9.17, 15) is 4.79 Å². The first-order valence-electron chi connectivity index (χ1n) is 6.81. The van der Waals surface area contributed by atoms with Gasteiger partial charge in [0.1, 0.15) is 11.3 Å². The minimum absolute atomic E-state index is 0. The number of carbonyl (C=O) groups is 1. The van der Waals surface area contributed by atoms with Crippen molar-refractivity contribution in [3.8, 4) is 17.2 Å². The Morgan fingerprint density at radius 3 is 2.14 bits per heavy atom. The number of ether oxygens (including phenoxy) is 3. The van der Waals surface area contributed by atoms with Gasteiger partial charge >= 0.3 is 18.9 Å². The van der Waals surface area contributed by atoms with E-state index in [0.717, 1.165) is 12.8 Å². The number of rotatable bonds is 6. The molecule has 1 aromatic carbocycles. The molecule has 0 radical (unpaired) electrons. The van der Waals surface area contributed by atoms with E-state index in [4.69, 9.17) is 14.2 Å². The van der Waals surface area contributed by atoms with Crippen molar-refractivity contribution in [2.24, 2.45) is 0 Å². The van der Waals surface area contributed by atoms with Crippen molar-refractivity contribution in [1.29, 1.82) is 0 Å². The van der Waals surface area contributed by atoms with Crippen LogP contribution in [0.5, 0.6) is 17.2 Å². The van der Waals surface area contributed by atoms with E-state index in [1.165, 1.54) is 12.8 Å². The number of carbonyl (C=O) groups excluding carboxylic acids is 1. The van der Waals surface area contributed by atoms with E-state index in [0.29, 0.717) is 28.5 Å². The summed E-state index contributed by atoms with van der Waals surface area (Å²) in [6.07, 6.45) is 4.77. The van der Waals surface area contributed by atoms with Gasteiger partial charge < -0.3 is 14.2 Å².